The van der Waals surface area contributed by atoms with Crippen molar-refractivity contribution in [2.45, 2.75) is 33.6 Å². The summed E-state index contributed by atoms with van der Waals surface area (Å²) < 4.78 is 26.3. The van der Waals surface area contributed by atoms with E-state index in [0.29, 0.717) is 0 Å². The first-order valence-corrected chi connectivity index (χ1v) is 9.69. The normalized spacial score (nSPS) is 12.8. The van der Waals surface area contributed by atoms with E-state index >= 15 is 0 Å². The van der Waals surface area contributed by atoms with E-state index in [1.807, 2.05) is 26.0 Å². The number of phosphoric acid groups is 1. The molecule has 0 fully saturated rings. The summed E-state index contributed by atoms with van der Waals surface area (Å²) in [5, 5.41) is 0. The number of ether oxygens (including phenoxy) is 1. The quantitative estimate of drug-likeness (QED) is 0.500. The van der Waals surface area contributed by atoms with Crippen molar-refractivity contribution in [3.05, 3.63) is 58.7 Å². The zero-order chi connectivity index (χ0) is 18.4. The molecular formula is C19H24NaO5P. The Labute approximate surface area is 177 Å². The van der Waals surface area contributed by atoms with Crippen LogP contribution in [0.3, 0.4) is 0 Å². The van der Waals surface area contributed by atoms with Gasteiger partial charge in [0.25, 0.3) is 0 Å². The molecule has 0 saturated heterocycles. The first-order chi connectivity index (χ1) is 11.8. The number of benzene rings is 2. The number of aryl methyl sites for hydroxylation is 4. The first kappa shape index (κ1) is 23.2. The summed E-state index contributed by atoms with van der Waals surface area (Å²) in [5.74, 6) is 1.19. The second-order valence-electron chi connectivity index (χ2n) is 5.86. The molecule has 0 aromatic heterocycles. The first-order valence-electron chi connectivity index (χ1n) is 8.23. The standard InChI is InChI=1S/C19H25O5P.Na/c1-5-23-25(20,21)24-18-10-8-16(9-11-18)6-7-17-12-14(2)19(22-4)15(3)13-17;/h8-13H,5-7H2,1-4H3,(H,20,21);/q;+1/p-1. The molecule has 0 amide bonds. The average Bonchev–Trinajstić information content (AvgIpc) is 2.53. The summed E-state index contributed by atoms with van der Waals surface area (Å²) in [5.41, 5.74) is 4.61. The van der Waals surface area contributed by atoms with Gasteiger partial charge in [0.1, 0.15) is 11.5 Å². The average molecular weight is 386 g/mol. The van der Waals surface area contributed by atoms with Crippen LogP contribution in [-0.4, -0.2) is 13.7 Å². The third-order valence-electron chi connectivity index (χ3n) is 3.85. The minimum Gasteiger partial charge on any atom is -0.746 e. The number of hydrogen-bond acceptors (Lipinski definition) is 5. The molecule has 7 heteroatoms. The minimum absolute atomic E-state index is 0. The molecule has 2 aromatic carbocycles. The van der Waals surface area contributed by atoms with Gasteiger partial charge in [-0.25, -0.2) is 0 Å². The molecular weight excluding hydrogens is 362 g/mol. The van der Waals surface area contributed by atoms with Crippen LogP contribution in [0.15, 0.2) is 36.4 Å². The molecule has 136 valence electrons. The largest absolute Gasteiger partial charge is 1.00 e. The van der Waals surface area contributed by atoms with Crippen LogP contribution < -0.4 is 43.7 Å². The fourth-order valence-electron chi connectivity index (χ4n) is 2.83. The number of methoxy groups -OCH3 is 1. The topological polar surface area (TPSA) is 67.8 Å². The Morgan fingerprint density at radius 3 is 2.04 bits per heavy atom. The summed E-state index contributed by atoms with van der Waals surface area (Å²) in [6, 6.07) is 11.3. The van der Waals surface area contributed by atoms with Gasteiger partial charge in [0.05, 0.1) is 13.7 Å². The predicted octanol–water partition coefficient (Wildman–Crippen LogP) is 0.985. The van der Waals surface area contributed by atoms with Crippen molar-refractivity contribution >= 4 is 7.82 Å². The van der Waals surface area contributed by atoms with Crippen molar-refractivity contribution < 1.29 is 52.8 Å². The molecule has 0 bridgehead atoms. The molecule has 0 aliphatic heterocycles. The van der Waals surface area contributed by atoms with Crippen molar-refractivity contribution in [2.24, 2.45) is 0 Å². The fourth-order valence-corrected chi connectivity index (χ4v) is 3.57. The van der Waals surface area contributed by atoms with E-state index in [-0.39, 0.29) is 41.9 Å². The monoisotopic (exact) mass is 386 g/mol. The number of rotatable bonds is 8. The van der Waals surface area contributed by atoms with E-state index in [1.165, 1.54) is 5.56 Å². The molecule has 0 radical (unpaired) electrons. The van der Waals surface area contributed by atoms with E-state index in [4.69, 9.17) is 9.26 Å². The molecule has 0 aliphatic rings. The van der Waals surface area contributed by atoms with Gasteiger partial charge in [-0.3, -0.25) is 4.57 Å². The van der Waals surface area contributed by atoms with Crippen molar-refractivity contribution in [3.8, 4) is 11.5 Å². The maximum absolute atomic E-state index is 11.5. The molecule has 26 heavy (non-hydrogen) atoms. The molecule has 0 aliphatic carbocycles. The SMILES string of the molecule is CCOP(=O)([O-])Oc1ccc(CCc2cc(C)c(OC)c(C)c2)cc1.[Na+]. The second-order valence-corrected chi connectivity index (χ2v) is 7.20. The number of hydrogen-bond donors (Lipinski definition) is 0. The van der Waals surface area contributed by atoms with Crippen molar-refractivity contribution in [1.29, 1.82) is 0 Å². The van der Waals surface area contributed by atoms with Gasteiger partial charge in [-0.05, 0) is 68.0 Å². The van der Waals surface area contributed by atoms with Crippen molar-refractivity contribution in [2.75, 3.05) is 13.7 Å². The Morgan fingerprint density at radius 1 is 1.00 bits per heavy atom. The van der Waals surface area contributed by atoms with Gasteiger partial charge >= 0.3 is 37.4 Å². The van der Waals surface area contributed by atoms with E-state index < -0.39 is 7.82 Å². The third kappa shape index (κ3) is 6.73. The zero-order valence-corrected chi connectivity index (χ0v) is 19.0. The molecule has 5 nitrogen and oxygen atoms in total. The Kier molecular flexibility index (Phi) is 9.39. The van der Waals surface area contributed by atoms with Gasteiger partial charge in [-0.2, -0.15) is 0 Å². The van der Waals surface area contributed by atoms with Crippen LogP contribution >= 0.6 is 7.82 Å². The molecule has 0 spiro atoms. The Hall–Kier alpha value is -0.810. The van der Waals surface area contributed by atoms with Crippen LogP contribution in [0.5, 0.6) is 11.5 Å². The summed E-state index contributed by atoms with van der Waals surface area (Å²) in [6.07, 6.45) is 1.75. The smallest absolute Gasteiger partial charge is 0.746 e. The van der Waals surface area contributed by atoms with Crippen LogP contribution in [0.1, 0.15) is 29.2 Å². The molecule has 0 heterocycles. The Balaban J connectivity index is 0.00000338. The van der Waals surface area contributed by atoms with Crippen LogP contribution in [-0.2, 0) is 21.9 Å². The Bertz CT molecular complexity index is 738. The van der Waals surface area contributed by atoms with Crippen molar-refractivity contribution in [1.82, 2.24) is 0 Å². The summed E-state index contributed by atoms with van der Waals surface area (Å²) >= 11 is 0. The van der Waals surface area contributed by atoms with Gasteiger partial charge < -0.3 is 18.7 Å². The van der Waals surface area contributed by atoms with E-state index in [9.17, 15) is 9.46 Å². The van der Waals surface area contributed by atoms with Gasteiger partial charge in [-0.1, -0.05) is 24.3 Å². The molecule has 0 N–H and O–H groups in total. The van der Waals surface area contributed by atoms with E-state index in [2.05, 4.69) is 16.7 Å². The molecule has 2 aromatic rings. The number of phosphoric ester groups is 1. The molecule has 1 unspecified atom stereocenters. The van der Waals surface area contributed by atoms with Gasteiger partial charge in [0.15, 0.2) is 0 Å². The summed E-state index contributed by atoms with van der Waals surface area (Å²) in [4.78, 5) is 11.5. The maximum Gasteiger partial charge on any atom is 1.00 e. The minimum atomic E-state index is -4.27. The molecule has 1 atom stereocenters. The molecule has 0 saturated carbocycles. The van der Waals surface area contributed by atoms with Gasteiger partial charge in [0.2, 0.25) is 0 Å². The second kappa shape index (κ2) is 10.5. The zero-order valence-electron chi connectivity index (χ0n) is 16.1. The Morgan fingerprint density at radius 2 is 1.54 bits per heavy atom. The predicted molar refractivity (Wildman–Crippen MR) is 96.2 cm³/mol. The third-order valence-corrected chi connectivity index (χ3v) is 4.86. The van der Waals surface area contributed by atoms with E-state index in [0.717, 1.165) is 35.3 Å². The summed E-state index contributed by atoms with van der Waals surface area (Å²) in [7, 11) is -2.59. The van der Waals surface area contributed by atoms with Crippen LogP contribution in [0.4, 0.5) is 0 Å². The van der Waals surface area contributed by atoms with Gasteiger partial charge in [-0.15, -0.1) is 0 Å². The fraction of sp³-hybridized carbons (Fsp3) is 0.368. The molecule has 2 rings (SSSR count). The van der Waals surface area contributed by atoms with E-state index in [1.54, 1.807) is 26.2 Å². The van der Waals surface area contributed by atoms with Crippen molar-refractivity contribution in [3.63, 3.8) is 0 Å². The van der Waals surface area contributed by atoms with Gasteiger partial charge in [0, 0.05) is 0 Å². The maximum atomic E-state index is 11.5. The van der Waals surface area contributed by atoms with Crippen LogP contribution in [0.25, 0.3) is 0 Å². The van der Waals surface area contributed by atoms with Crippen LogP contribution in [0.2, 0.25) is 0 Å². The van der Waals surface area contributed by atoms with Crippen LogP contribution in [0, 0.1) is 13.8 Å². The summed E-state index contributed by atoms with van der Waals surface area (Å²) in [6.45, 7) is 5.74.